The molecule has 0 spiro atoms. The number of amides is 3. The second kappa shape index (κ2) is 10.1. The van der Waals surface area contributed by atoms with E-state index in [9.17, 15) is 19.8 Å². The number of nitrogens with zero attached hydrogens (tertiary/aromatic N) is 6. The number of hydrogen-bond acceptors (Lipinski definition) is 9. The van der Waals surface area contributed by atoms with Crippen LogP contribution in [0.4, 0.5) is 16.3 Å². The number of benzene rings is 2. The van der Waals surface area contributed by atoms with Crippen LogP contribution >= 0.6 is 0 Å². The van der Waals surface area contributed by atoms with Crippen LogP contribution in [0.25, 0.3) is 11.2 Å². The van der Waals surface area contributed by atoms with Crippen LogP contribution in [-0.4, -0.2) is 77.5 Å². The quantitative estimate of drug-likeness (QED) is 0.301. The van der Waals surface area contributed by atoms with E-state index in [0.717, 1.165) is 5.56 Å². The molecule has 2 aromatic carbocycles. The Morgan fingerprint density at radius 2 is 1.64 bits per heavy atom. The summed E-state index contributed by atoms with van der Waals surface area (Å²) in [5.41, 5.74) is 8.01. The molecule has 6 rings (SSSR count). The fraction of sp³-hybridized carbons (Fsp3) is 0.296. The van der Waals surface area contributed by atoms with E-state index in [-0.39, 0.29) is 24.7 Å². The van der Waals surface area contributed by atoms with Crippen LogP contribution in [0, 0.1) is 0 Å². The molecule has 200 valence electrons. The molecule has 0 saturated carbocycles. The summed E-state index contributed by atoms with van der Waals surface area (Å²) < 4.78 is 7.55. The number of imide groups is 1. The Kier molecular flexibility index (Phi) is 6.43. The van der Waals surface area contributed by atoms with Crippen molar-refractivity contribution in [3.8, 4) is 0 Å². The number of para-hydroxylation sites is 1. The SMILES string of the molecule is Nc1ncnc2c1ncn2[C@@H]1OC(CCN2C(=O)N(c3ccccc3)C(=O)C2Cc2ccccc2)C(O)[C@H]1O. The summed E-state index contributed by atoms with van der Waals surface area (Å²) >= 11 is 0. The third kappa shape index (κ3) is 4.38. The first-order chi connectivity index (χ1) is 18.9. The van der Waals surface area contributed by atoms with Gasteiger partial charge in [0.1, 0.15) is 30.1 Å². The number of ether oxygens (including phenoxy) is 1. The number of nitrogens with two attached hydrogens (primary N) is 1. The number of aliphatic hydroxyl groups excluding tert-OH is 2. The number of carbonyl (C=O) groups excluding carboxylic acids is 2. The van der Waals surface area contributed by atoms with Gasteiger partial charge in [-0.25, -0.2) is 24.6 Å². The molecule has 0 bridgehead atoms. The lowest BCUT2D eigenvalue weighted by Gasteiger charge is -2.24. The largest absolute Gasteiger partial charge is 0.388 e. The van der Waals surface area contributed by atoms with Gasteiger partial charge in [0.05, 0.1) is 18.1 Å². The molecule has 39 heavy (non-hydrogen) atoms. The highest BCUT2D eigenvalue weighted by Gasteiger charge is 2.48. The zero-order chi connectivity index (χ0) is 27.1. The van der Waals surface area contributed by atoms with E-state index in [4.69, 9.17) is 10.5 Å². The van der Waals surface area contributed by atoms with E-state index >= 15 is 0 Å². The van der Waals surface area contributed by atoms with Gasteiger partial charge >= 0.3 is 6.03 Å². The smallest absolute Gasteiger partial charge is 0.332 e. The zero-order valence-electron chi connectivity index (χ0n) is 20.8. The van der Waals surface area contributed by atoms with Crippen molar-refractivity contribution in [1.29, 1.82) is 0 Å². The number of aliphatic hydroxyl groups is 2. The van der Waals surface area contributed by atoms with Crippen LogP contribution < -0.4 is 10.6 Å². The summed E-state index contributed by atoms with van der Waals surface area (Å²) in [6, 6.07) is 17.1. The highest BCUT2D eigenvalue weighted by atomic mass is 16.6. The molecule has 12 nitrogen and oxygen atoms in total. The van der Waals surface area contributed by atoms with Gasteiger partial charge in [0, 0.05) is 13.0 Å². The standard InChI is InChI=1S/C27H27N7O5/c28-23-20-24(30-14-29-23)33(15-31-20)26-22(36)21(35)19(39-26)11-12-32-18(13-16-7-3-1-4-8-16)25(37)34(27(32)38)17-9-5-2-6-10-17/h1-10,14-15,18-19,21-22,26,35-36H,11-13H2,(H2,28,29,30)/t18?,19?,21?,22-,26-/m1/s1. The average Bonchev–Trinajstić information content (AvgIpc) is 3.57. The van der Waals surface area contributed by atoms with Crippen LogP contribution in [0.3, 0.4) is 0 Å². The molecule has 12 heteroatoms. The summed E-state index contributed by atoms with van der Waals surface area (Å²) in [4.78, 5) is 42.1. The number of anilines is 2. The van der Waals surface area contributed by atoms with Gasteiger partial charge in [-0.2, -0.15) is 0 Å². The first-order valence-electron chi connectivity index (χ1n) is 12.6. The summed E-state index contributed by atoms with van der Waals surface area (Å²) in [6.07, 6.45) is -1.06. The molecule has 4 N–H and O–H groups in total. The fourth-order valence-corrected chi connectivity index (χ4v) is 5.26. The first-order valence-corrected chi connectivity index (χ1v) is 12.6. The number of aromatic nitrogens is 4. The number of urea groups is 1. The molecule has 0 aliphatic carbocycles. The number of carbonyl (C=O) groups is 2. The molecule has 5 atom stereocenters. The van der Waals surface area contributed by atoms with Crippen molar-refractivity contribution < 1.29 is 24.5 Å². The maximum atomic E-state index is 13.5. The average molecular weight is 530 g/mol. The minimum atomic E-state index is -1.28. The normalized spacial score (nSPS) is 25.2. The summed E-state index contributed by atoms with van der Waals surface area (Å²) in [6.45, 7) is 0.131. The lowest BCUT2D eigenvalue weighted by Crippen LogP contribution is -2.40. The number of rotatable bonds is 7. The lowest BCUT2D eigenvalue weighted by atomic mass is 10.0. The highest BCUT2D eigenvalue weighted by Crippen LogP contribution is 2.34. The number of imidazole rings is 1. The van der Waals surface area contributed by atoms with Crippen molar-refractivity contribution in [3.05, 3.63) is 78.9 Å². The monoisotopic (exact) mass is 529 g/mol. The predicted octanol–water partition coefficient (Wildman–Crippen LogP) is 1.50. The van der Waals surface area contributed by atoms with E-state index in [1.807, 2.05) is 36.4 Å². The van der Waals surface area contributed by atoms with Crippen LogP contribution in [-0.2, 0) is 16.0 Å². The van der Waals surface area contributed by atoms with Gasteiger partial charge in [-0.3, -0.25) is 9.36 Å². The molecule has 2 aliphatic rings. The number of hydrogen-bond donors (Lipinski definition) is 3. The Bertz CT molecular complexity index is 1500. The Hall–Kier alpha value is -4.39. The lowest BCUT2D eigenvalue weighted by molar-refractivity contribution is -0.119. The second-order valence-corrected chi connectivity index (χ2v) is 9.61. The summed E-state index contributed by atoms with van der Waals surface area (Å²) in [5.74, 6) is -0.129. The first kappa shape index (κ1) is 24.9. The van der Waals surface area contributed by atoms with Gasteiger partial charge in [0.15, 0.2) is 17.7 Å². The van der Waals surface area contributed by atoms with Gasteiger partial charge in [-0.05, 0) is 24.1 Å². The molecule has 4 heterocycles. The molecule has 3 amide bonds. The van der Waals surface area contributed by atoms with E-state index in [1.54, 1.807) is 24.3 Å². The Labute approximate surface area is 223 Å². The minimum Gasteiger partial charge on any atom is -0.388 e. The van der Waals surface area contributed by atoms with E-state index in [1.165, 1.54) is 27.0 Å². The van der Waals surface area contributed by atoms with E-state index in [2.05, 4.69) is 15.0 Å². The van der Waals surface area contributed by atoms with Crippen LogP contribution in [0.15, 0.2) is 73.3 Å². The van der Waals surface area contributed by atoms with E-state index in [0.29, 0.717) is 23.3 Å². The van der Waals surface area contributed by atoms with Crippen LogP contribution in [0.5, 0.6) is 0 Å². The highest BCUT2D eigenvalue weighted by molar-refractivity contribution is 6.21. The van der Waals surface area contributed by atoms with Crippen molar-refractivity contribution in [3.63, 3.8) is 0 Å². The number of nitrogen functional groups attached to an aromatic ring is 1. The summed E-state index contributed by atoms with van der Waals surface area (Å²) in [5, 5.41) is 21.6. The molecule has 2 fully saturated rings. The Morgan fingerprint density at radius 3 is 2.38 bits per heavy atom. The molecule has 2 aliphatic heterocycles. The molecule has 3 unspecified atom stereocenters. The second-order valence-electron chi connectivity index (χ2n) is 9.61. The van der Waals surface area contributed by atoms with Gasteiger partial charge < -0.3 is 25.6 Å². The van der Waals surface area contributed by atoms with Crippen molar-refractivity contribution in [2.75, 3.05) is 17.2 Å². The topological polar surface area (TPSA) is 160 Å². The third-order valence-electron chi connectivity index (χ3n) is 7.26. The minimum absolute atomic E-state index is 0.131. The van der Waals surface area contributed by atoms with Crippen LogP contribution in [0.1, 0.15) is 18.2 Å². The Morgan fingerprint density at radius 1 is 0.923 bits per heavy atom. The Balaban J connectivity index is 1.23. The van der Waals surface area contributed by atoms with Gasteiger partial charge in [-0.1, -0.05) is 48.5 Å². The zero-order valence-corrected chi connectivity index (χ0v) is 20.8. The van der Waals surface area contributed by atoms with Crippen molar-refractivity contribution >= 4 is 34.6 Å². The number of fused-ring (bicyclic) bond motifs is 1. The van der Waals surface area contributed by atoms with Gasteiger partial charge in [0.2, 0.25) is 0 Å². The summed E-state index contributed by atoms with van der Waals surface area (Å²) in [7, 11) is 0. The van der Waals surface area contributed by atoms with Gasteiger partial charge in [0.25, 0.3) is 5.91 Å². The van der Waals surface area contributed by atoms with Crippen molar-refractivity contribution in [1.82, 2.24) is 24.4 Å². The predicted molar refractivity (Wildman–Crippen MR) is 140 cm³/mol. The molecule has 2 aromatic heterocycles. The maximum Gasteiger partial charge on any atom is 0.332 e. The van der Waals surface area contributed by atoms with E-state index < -0.39 is 36.6 Å². The molecule has 4 aromatic rings. The van der Waals surface area contributed by atoms with Crippen LogP contribution in [0.2, 0.25) is 0 Å². The molecular formula is C27H27N7O5. The van der Waals surface area contributed by atoms with Gasteiger partial charge in [-0.15, -0.1) is 0 Å². The molecule has 2 saturated heterocycles. The maximum absolute atomic E-state index is 13.5. The van der Waals surface area contributed by atoms with Crippen molar-refractivity contribution in [2.24, 2.45) is 0 Å². The molecular weight excluding hydrogens is 502 g/mol. The molecule has 0 radical (unpaired) electrons. The fourth-order valence-electron chi connectivity index (χ4n) is 5.26. The van der Waals surface area contributed by atoms with Crippen molar-refractivity contribution in [2.45, 2.75) is 43.4 Å². The third-order valence-corrected chi connectivity index (χ3v) is 7.26.